The topological polar surface area (TPSA) is 64.3 Å². The Bertz CT molecular complexity index is 360. The third-order valence-electron chi connectivity index (χ3n) is 2.38. The second-order valence-corrected chi connectivity index (χ2v) is 3.92. The fourth-order valence-electron chi connectivity index (χ4n) is 1.61. The number of anilines is 2. The fourth-order valence-corrected chi connectivity index (χ4v) is 1.81. The maximum Gasteiger partial charge on any atom is 0.222 e. The molecule has 1 saturated heterocycles. The van der Waals surface area contributed by atoms with E-state index in [1.54, 1.807) is 0 Å². The Morgan fingerprint density at radius 1 is 1.67 bits per heavy atom. The molecular formula is C9H13ClN4O. The molecule has 0 saturated carbocycles. The quantitative estimate of drug-likeness (QED) is 0.775. The molecule has 1 aliphatic rings. The molecule has 0 aliphatic carbocycles. The number of nitrogens with zero attached hydrogens (tertiary/aromatic N) is 3. The van der Waals surface area contributed by atoms with Crippen LogP contribution in [-0.2, 0) is 4.74 Å². The molecule has 1 aromatic rings. The third-order valence-corrected chi connectivity index (χ3v) is 2.65. The lowest BCUT2D eigenvalue weighted by Crippen LogP contribution is -2.44. The normalized spacial score (nSPS) is 21.7. The lowest BCUT2D eigenvalue weighted by molar-refractivity contribution is 0.0985. The van der Waals surface area contributed by atoms with E-state index in [9.17, 15) is 0 Å². The molecule has 0 radical (unpaired) electrons. The second kappa shape index (κ2) is 4.20. The van der Waals surface area contributed by atoms with Crippen LogP contribution < -0.4 is 10.6 Å². The van der Waals surface area contributed by atoms with Gasteiger partial charge in [0.2, 0.25) is 5.95 Å². The fraction of sp³-hybridized carbons (Fsp3) is 0.556. The van der Waals surface area contributed by atoms with Gasteiger partial charge in [-0.3, -0.25) is 0 Å². The van der Waals surface area contributed by atoms with E-state index in [1.807, 2.05) is 0 Å². The smallest absolute Gasteiger partial charge is 0.222 e. The Kier molecular flexibility index (Phi) is 2.93. The first-order valence-corrected chi connectivity index (χ1v) is 5.18. The van der Waals surface area contributed by atoms with Crippen molar-refractivity contribution in [1.29, 1.82) is 0 Å². The van der Waals surface area contributed by atoms with Gasteiger partial charge in [0.25, 0.3) is 0 Å². The predicted molar refractivity (Wildman–Crippen MR) is 59.1 cm³/mol. The van der Waals surface area contributed by atoms with Gasteiger partial charge in [0, 0.05) is 6.54 Å². The van der Waals surface area contributed by atoms with Crippen molar-refractivity contribution in [1.82, 2.24) is 9.97 Å². The van der Waals surface area contributed by atoms with Crippen LogP contribution >= 0.6 is 11.6 Å². The lowest BCUT2D eigenvalue weighted by atomic mass is 10.2. The van der Waals surface area contributed by atoms with Crippen LogP contribution in [0.3, 0.4) is 0 Å². The Hall–Kier alpha value is -1.07. The number of nitrogens with two attached hydrogens (primary N) is 1. The summed E-state index contributed by atoms with van der Waals surface area (Å²) in [5.41, 5.74) is 5.54. The van der Waals surface area contributed by atoms with Gasteiger partial charge in [-0.1, -0.05) is 11.6 Å². The molecule has 1 unspecified atom stereocenters. The first-order chi connectivity index (χ1) is 7.18. The molecule has 0 bridgehead atoms. The average Bonchev–Trinajstić information content (AvgIpc) is 2.23. The van der Waals surface area contributed by atoms with E-state index in [1.165, 1.54) is 6.20 Å². The van der Waals surface area contributed by atoms with Crippen LogP contribution in [0.25, 0.3) is 0 Å². The molecule has 82 valence electrons. The third kappa shape index (κ3) is 2.13. The van der Waals surface area contributed by atoms with Crippen molar-refractivity contribution >= 4 is 23.4 Å². The van der Waals surface area contributed by atoms with Crippen LogP contribution in [0.4, 0.5) is 11.8 Å². The van der Waals surface area contributed by atoms with E-state index in [-0.39, 0.29) is 12.0 Å². The zero-order chi connectivity index (χ0) is 10.8. The number of aromatic nitrogens is 2. The summed E-state index contributed by atoms with van der Waals surface area (Å²) in [6.45, 7) is 4.20. The number of halogens is 1. The first kappa shape index (κ1) is 10.4. The Morgan fingerprint density at radius 2 is 2.47 bits per heavy atom. The zero-order valence-corrected chi connectivity index (χ0v) is 9.24. The summed E-state index contributed by atoms with van der Waals surface area (Å²) >= 11 is 6.03. The average molecular weight is 229 g/mol. The monoisotopic (exact) mass is 228 g/mol. The minimum Gasteiger partial charge on any atom is -0.377 e. The standard InChI is InChI=1S/C9H13ClN4O/c1-6-5-15-3-2-14(6)8-7(10)4-12-9(11)13-8/h4,6H,2-3,5H2,1H3,(H2,11,12,13). The minimum absolute atomic E-state index is 0.244. The van der Waals surface area contributed by atoms with Crippen LogP contribution in [-0.4, -0.2) is 35.8 Å². The number of hydrogen-bond donors (Lipinski definition) is 1. The van der Waals surface area contributed by atoms with Crippen molar-refractivity contribution in [2.45, 2.75) is 13.0 Å². The molecule has 1 aliphatic heterocycles. The molecule has 6 heteroatoms. The van der Waals surface area contributed by atoms with E-state index >= 15 is 0 Å². The van der Waals surface area contributed by atoms with Gasteiger partial charge in [0.15, 0.2) is 5.82 Å². The molecule has 1 fully saturated rings. The van der Waals surface area contributed by atoms with Gasteiger partial charge in [0.1, 0.15) is 5.02 Å². The summed E-state index contributed by atoms with van der Waals surface area (Å²) < 4.78 is 5.34. The molecular weight excluding hydrogens is 216 g/mol. The number of hydrogen-bond acceptors (Lipinski definition) is 5. The maximum absolute atomic E-state index is 6.03. The van der Waals surface area contributed by atoms with E-state index in [0.717, 1.165) is 6.54 Å². The molecule has 15 heavy (non-hydrogen) atoms. The van der Waals surface area contributed by atoms with Crippen molar-refractivity contribution in [3.8, 4) is 0 Å². The highest BCUT2D eigenvalue weighted by atomic mass is 35.5. The second-order valence-electron chi connectivity index (χ2n) is 3.52. The Balaban J connectivity index is 2.30. The number of morpholine rings is 1. The molecule has 5 nitrogen and oxygen atoms in total. The number of ether oxygens (including phenoxy) is 1. The zero-order valence-electron chi connectivity index (χ0n) is 8.48. The Morgan fingerprint density at radius 3 is 3.20 bits per heavy atom. The summed E-state index contributed by atoms with van der Waals surface area (Å²) in [7, 11) is 0. The molecule has 0 spiro atoms. The van der Waals surface area contributed by atoms with Crippen molar-refractivity contribution in [3.63, 3.8) is 0 Å². The van der Waals surface area contributed by atoms with Crippen molar-refractivity contribution in [2.24, 2.45) is 0 Å². The van der Waals surface area contributed by atoms with Crippen LogP contribution in [0.5, 0.6) is 0 Å². The molecule has 0 aromatic carbocycles. The summed E-state index contributed by atoms with van der Waals surface area (Å²) in [5, 5.41) is 0.526. The molecule has 2 heterocycles. The van der Waals surface area contributed by atoms with Crippen molar-refractivity contribution in [2.75, 3.05) is 30.4 Å². The summed E-state index contributed by atoms with van der Waals surface area (Å²) in [4.78, 5) is 10.1. The molecule has 1 atom stereocenters. The van der Waals surface area contributed by atoms with Crippen LogP contribution in [0.15, 0.2) is 6.20 Å². The van der Waals surface area contributed by atoms with Gasteiger partial charge in [-0.15, -0.1) is 0 Å². The van der Waals surface area contributed by atoms with Gasteiger partial charge in [-0.05, 0) is 6.92 Å². The maximum atomic E-state index is 6.03. The van der Waals surface area contributed by atoms with Gasteiger partial charge in [-0.25, -0.2) is 4.98 Å². The molecule has 2 N–H and O–H groups in total. The summed E-state index contributed by atoms with van der Waals surface area (Å²) in [6, 6.07) is 0.255. The van der Waals surface area contributed by atoms with Crippen molar-refractivity contribution < 1.29 is 4.74 Å². The number of rotatable bonds is 1. The van der Waals surface area contributed by atoms with Crippen LogP contribution in [0, 0.1) is 0 Å². The molecule has 2 rings (SSSR count). The highest BCUT2D eigenvalue weighted by Crippen LogP contribution is 2.25. The van der Waals surface area contributed by atoms with Gasteiger partial charge in [0.05, 0.1) is 25.5 Å². The summed E-state index contributed by atoms with van der Waals surface area (Å²) in [5.74, 6) is 0.938. The minimum atomic E-state index is 0.244. The van der Waals surface area contributed by atoms with Crippen LogP contribution in [0.1, 0.15) is 6.92 Å². The Labute approximate surface area is 93.2 Å². The van der Waals surface area contributed by atoms with E-state index in [0.29, 0.717) is 24.1 Å². The highest BCUT2D eigenvalue weighted by molar-refractivity contribution is 6.32. The van der Waals surface area contributed by atoms with Gasteiger partial charge in [-0.2, -0.15) is 4.98 Å². The SMILES string of the molecule is CC1COCCN1c1nc(N)ncc1Cl. The lowest BCUT2D eigenvalue weighted by Gasteiger charge is -2.34. The van der Waals surface area contributed by atoms with E-state index < -0.39 is 0 Å². The largest absolute Gasteiger partial charge is 0.377 e. The van der Waals surface area contributed by atoms with Crippen LogP contribution in [0.2, 0.25) is 5.02 Å². The number of nitrogen functional groups attached to an aromatic ring is 1. The predicted octanol–water partition coefficient (Wildman–Crippen LogP) is 0.937. The molecule has 0 amide bonds. The highest BCUT2D eigenvalue weighted by Gasteiger charge is 2.22. The molecule has 1 aromatic heterocycles. The van der Waals surface area contributed by atoms with E-state index in [4.69, 9.17) is 22.1 Å². The summed E-state index contributed by atoms with van der Waals surface area (Å²) in [6.07, 6.45) is 1.53. The van der Waals surface area contributed by atoms with E-state index in [2.05, 4.69) is 21.8 Å². The van der Waals surface area contributed by atoms with Gasteiger partial charge >= 0.3 is 0 Å². The first-order valence-electron chi connectivity index (χ1n) is 4.81. The van der Waals surface area contributed by atoms with Gasteiger partial charge < -0.3 is 15.4 Å². The van der Waals surface area contributed by atoms with Crippen molar-refractivity contribution in [3.05, 3.63) is 11.2 Å².